The number of rotatable bonds is 3. The van der Waals surface area contributed by atoms with E-state index in [0.29, 0.717) is 22.1 Å². The van der Waals surface area contributed by atoms with Gasteiger partial charge < -0.3 is 10.3 Å². The van der Waals surface area contributed by atoms with Gasteiger partial charge in [-0.1, -0.05) is 23.7 Å². The Morgan fingerprint density at radius 3 is 2.69 bits per heavy atom. The maximum atomic E-state index is 12.7. The number of carbonyl (C=O) groups excluding carboxylic acids is 1. The van der Waals surface area contributed by atoms with E-state index in [4.69, 9.17) is 11.6 Å². The topological polar surface area (TPSA) is 75.6 Å². The van der Waals surface area contributed by atoms with E-state index in [1.807, 2.05) is 37.3 Å². The van der Waals surface area contributed by atoms with Gasteiger partial charge in [-0.2, -0.15) is 5.10 Å². The molecule has 6 nitrogen and oxygen atoms in total. The van der Waals surface area contributed by atoms with Crippen LogP contribution in [0.15, 0.2) is 48.5 Å². The standard InChI is InChI=1S/C19H16ClN5O/c1-11-21-15-8-7-14(9-17(15)22-11)23-19(26)18-10-16(24-25(18)2)12-3-5-13(20)6-4-12/h3-10H,1-2H3,(H,21,22)(H,23,26). The highest BCUT2D eigenvalue weighted by Gasteiger charge is 2.15. The molecular weight excluding hydrogens is 350 g/mol. The number of benzene rings is 2. The van der Waals surface area contributed by atoms with Gasteiger partial charge in [0.15, 0.2) is 0 Å². The molecule has 7 heteroatoms. The van der Waals surface area contributed by atoms with Gasteiger partial charge in [-0.15, -0.1) is 0 Å². The number of halogens is 1. The van der Waals surface area contributed by atoms with Crippen LogP contribution in [0.3, 0.4) is 0 Å². The van der Waals surface area contributed by atoms with Gasteiger partial charge in [-0.25, -0.2) is 4.98 Å². The Kier molecular flexibility index (Phi) is 3.97. The fraction of sp³-hybridized carbons (Fsp3) is 0.105. The zero-order valence-electron chi connectivity index (χ0n) is 14.2. The number of hydrogen-bond donors (Lipinski definition) is 2. The molecule has 0 radical (unpaired) electrons. The van der Waals surface area contributed by atoms with Gasteiger partial charge >= 0.3 is 0 Å². The Balaban J connectivity index is 1.60. The van der Waals surface area contributed by atoms with Crippen molar-refractivity contribution >= 4 is 34.2 Å². The number of nitrogens with one attached hydrogen (secondary N) is 2. The summed E-state index contributed by atoms with van der Waals surface area (Å²) in [6, 6.07) is 14.7. The number of anilines is 1. The van der Waals surface area contributed by atoms with Crippen LogP contribution in [-0.4, -0.2) is 25.7 Å². The summed E-state index contributed by atoms with van der Waals surface area (Å²) in [5.41, 5.74) is 4.53. The smallest absolute Gasteiger partial charge is 0.273 e. The molecule has 4 rings (SSSR count). The molecule has 2 aromatic carbocycles. The summed E-state index contributed by atoms with van der Waals surface area (Å²) in [5.74, 6) is 0.610. The van der Waals surface area contributed by atoms with Crippen LogP contribution >= 0.6 is 11.6 Å². The second-order valence-electron chi connectivity index (χ2n) is 6.05. The molecule has 0 saturated heterocycles. The summed E-state index contributed by atoms with van der Waals surface area (Å²) in [7, 11) is 1.75. The van der Waals surface area contributed by atoms with Gasteiger partial charge in [0.25, 0.3) is 5.91 Å². The summed E-state index contributed by atoms with van der Waals surface area (Å²) in [4.78, 5) is 20.2. The first kappa shape index (κ1) is 16.4. The van der Waals surface area contributed by atoms with Crippen LogP contribution in [0.1, 0.15) is 16.3 Å². The molecule has 130 valence electrons. The molecule has 2 aromatic heterocycles. The predicted octanol–water partition coefficient (Wildman–Crippen LogP) is 4.18. The van der Waals surface area contributed by atoms with Crippen molar-refractivity contribution in [2.75, 3.05) is 5.32 Å². The lowest BCUT2D eigenvalue weighted by atomic mass is 10.1. The molecule has 0 fully saturated rings. The van der Waals surface area contributed by atoms with Crippen molar-refractivity contribution in [2.24, 2.45) is 7.05 Å². The molecule has 0 saturated carbocycles. The van der Waals surface area contributed by atoms with E-state index < -0.39 is 0 Å². The summed E-state index contributed by atoms with van der Waals surface area (Å²) in [5, 5.41) is 7.99. The van der Waals surface area contributed by atoms with Crippen LogP contribution in [0.25, 0.3) is 22.3 Å². The van der Waals surface area contributed by atoms with E-state index in [1.54, 1.807) is 29.9 Å². The first-order valence-electron chi connectivity index (χ1n) is 8.07. The minimum Gasteiger partial charge on any atom is -0.342 e. The summed E-state index contributed by atoms with van der Waals surface area (Å²) in [6.07, 6.45) is 0. The third-order valence-corrected chi connectivity index (χ3v) is 4.36. The lowest BCUT2D eigenvalue weighted by Gasteiger charge is -2.05. The number of amides is 1. The second-order valence-corrected chi connectivity index (χ2v) is 6.49. The van der Waals surface area contributed by atoms with Crippen LogP contribution in [0.2, 0.25) is 5.02 Å². The summed E-state index contributed by atoms with van der Waals surface area (Å²) in [6.45, 7) is 1.90. The lowest BCUT2D eigenvalue weighted by molar-refractivity contribution is 0.101. The molecule has 0 bridgehead atoms. The lowest BCUT2D eigenvalue weighted by Crippen LogP contribution is -2.15. The van der Waals surface area contributed by atoms with Crippen molar-refractivity contribution in [3.8, 4) is 11.3 Å². The van der Waals surface area contributed by atoms with Crippen LogP contribution in [0.4, 0.5) is 5.69 Å². The van der Waals surface area contributed by atoms with Gasteiger partial charge in [0.1, 0.15) is 11.5 Å². The van der Waals surface area contributed by atoms with Gasteiger partial charge in [0.05, 0.1) is 16.7 Å². The fourth-order valence-corrected chi connectivity index (χ4v) is 2.98. The summed E-state index contributed by atoms with van der Waals surface area (Å²) >= 11 is 5.92. The molecule has 2 heterocycles. The molecule has 0 spiro atoms. The van der Waals surface area contributed by atoms with Crippen molar-refractivity contribution < 1.29 is 4.79 Å². The quantitative estimate of drug-likeness (QED) is 0.572. The molecule has 26 heavy (non-hydrogen) atoms. The van der Waals surface area contributed by atoms with E-state index in [1.165, 1.54) is 0 Å². The number of H-pyrrole nitrogens is 1. The third kappa shape index (κ3) is 3.07. The molecule has 0 atom stereocenters. The molecule has 0 aliphatic rings. The molecular formula is C19H16ClN5O. The van der Waals surface area contributed by atoms with Gasteiger partial charge in [0.2, 0.25) is 0 Å². The minimum absolute atomic E-state index is 0.226. The maximum absolute atomic E-state index is 12.7. The van der Waals surface area contributed by atoms with Crippen LogP contribution in [0, 0.1) is 6.92 Å². The van der Waals surface area contributed by atoms with Crippen molar-refractivity contribution in [1.29, 1.82) is 0 Å². The van der Waals surface area contributed by atoms with Crippen LogP contribution in [0.5, 0.6) is 0 Å². The number of nitrogens with zero attached hydrogens (tertiary/aromatic N) is 3. The minimum atomic E-state index is -0.226. The second kappa shape index (κ2) is 6.31. The van der Waals surface area contributed by atoms with Crippen LogP contribution in [-0.2, 0) is 7.05 Å². The Bertz CT molecular complexity index is 1110. The zero-order chi connectivity index (χ0) is 18.3. The SMILES string of the molecule is Cc1nc2ccc(NC(=O)c3cc(-c4ccc(Cl)cc4)nn3C)cc2[nH]1. The van der Waals surface area contributed by atoms with Crippen LogP contribution < -0.4 is 5.32 Å². The first-order chi connectivity index (χ1) is 12.5. The van der Waals surface area contributed by atoms with E-state index in [2.05, 4.69) is 20.4 Å². The normalized spacial score (nSPS) is 11.0. The average Bonchev–Trinajstić information content (AvgIpc) is 3.17. The Labute approximate surface area is 154 Å². The third-order valence-electron chi connectivity index (χ3n) is 4.11. The van der Waals surface area contributed by atoms with Gasteiger partial charge in [0, 0.05) is 23.3 Å². The van der Waals surface area contributed by atoms with Gasteiger partial charge in [-0.05, 0) is 43.3 Å². The number of imidazole rings is 1. The van der Waals surface area contributed by atoms with E-state index in [-0.39, 0.29) is 5.91 Å². The summed E-state index contributed by atoms with van der Waals surface area (Å²) < 4.78 is 1.57. The van der Waals surface area contributed by atoms with Crippen molar-refractivity contribution in [3.05, 3.63) is 65.1 Å². The average molecular weight is 366 g/mol. The number of aromatic nitrogens is 4. The fourth-order valence-electron chi connectivity index (χ4n) is 2.85. The highest BCUT2D eigenvalue weighted by atomic mass is 35.5. The van der Waals surface area contributed by atoms with Crippen molar-refractivity contribution in [1.82, 2.24) is 19.7 Å². The van der Waals surface area contributed by atoms with E-state index in [0.717, 1.165) is 22.4 Å². The Hall–Kier alpha value is -3.12. The number of aromatic amines is 1. The molecule has 0 aliphatic heterocycles. The number of carbonyl (C=O) groups is 1. The maximum Gasteiger partial charge on any atom is 0.273 e. The van der Waals surface area contributed by atoms with E-state index in [9.17, 15) is 4.79 Å². The number of hydrogen-bond acceptors (Lipinski definition) is 3. The molecule has 2 N–H and O–H groups in total. The van der Waals surface area contributed by atoms with Crippen molar-refractivity contribution in [3.63, 3.8) is 0 Å². The first-order valence-corrected chi connectivity index (χ1v) is 8.45. The largest absolute Gasteiger partial charge is 0.342 e. The zero-order valence-corrected chi connectivity index (χ0v) is 15.0. The molecule has 1 amide bonds. The molecule has 0 aliphatic carbocycles. The highest BCUT2D eigenvalue weighted by molar-refractivity contribution is 6.30. The Morgan fingerprint density at radius 1 is 1.15 bits per heavy atom. The van der Waals surface area contributed by atoms with Gasteiger partial charge in [-0.3, -0.25) is 9.48 Å². The monoisotopic (exact) mass is 365 g/mol. The number of aryl methyl sites for hydroxylation is 2. The molecule has 0 unspecified atom stereocenters. The highest BCUT2D eigenvalue weighted by Crippen LogP contribution is 2.22. The van der Waals surface area contributed by atoms with Crippen molar-refractivity contribution in [2.45, 2.75) is 6.92 Å². The predicted molar refractivity (Wildman–Crippen MR) is 102 cm³/mol. The van der Waals surface area contributed by atoms with E-state index >= 15 is 0 Å². The molecule has 4 aromatic rings. The Morgan fingerprint density at radius 2 is 1.92 bits per heavy atom. The number of fused-ring (bicyclic) bond motifs is 1.